The van der Waals surface area contributed by atoms with Crippen LogP contribution in [0.1, 0.15) is 26.0 Å². The van der Waals surface area contributed by atoms with E-state index in [2.05, 4.69) is 41.4 Å². The number of likely N-dealkylation sites (N-methyl/N-ethyl adjacent to an activating group) is 1. The molecule has 1 aromatic rings. The van der Waals surface area contributed by atoms with Crippen LogP contribution in [0, 0.1) is 0 Å². The average Bonchev–Trinajstić information content (AvgIpc) is 2.97. The van der Waals surface area contributed by atoms with Gasteiger partial charge in [-0.05, 0) is 32.5 Å². The molecule has 0 saturated heterocycles. The third kappa shape index (κ3) is 6.10. The minimum atomic E-state index is 0.616. The van der Waals surface area contributed by atoms with Gasteiger partial charge in [-0.15, -0.1) is 0 Å². The lowest BCUT2D eigenvalue weighted by Crippen LogP contribution is -2.42. The minimum absolute atomic E-state index is 0.616. The number of hydrogen-bond acceptors (Lipinski definition) is 3. The fourth-order valence-electron chi connectivity index (χ4n) is 1.86. The van der Waals surface area contributed by atoms with E-state index in [9.17, 15) is 0 Å². The summed E-state index contributed by atoms with van der Waals surface area (Å²) in [7, 11) is 3.95. The van der Waals surface area contributed by atoms with Gasteiger partial charge in [0.25, 0.3) is 0 Å². The molecule has 0 spiro atoms. The van der Waals surface area contributed by atoms with Crippen molar-refractivity contribution in [2.75, 3.05) is 33.7 Å². The van der Waals surface area contributed by atoms with Crippen LogP contribution in [0.3, 0.4) is 0 Å². The first-order chi connectivity index (χ1) is 9.67. The molecule has 5 nitrogen and oxygen atoms in total. The first kappa shape index (κ1) is 16.6. The molecular formula is C15H28N4O. The van der Waals surface area contributed by atoms with Gasteiger partial charge in [-0.2, -0.15) is 0 Å². The van der Waals surface area contributed by atoms with E-state index in [0.29, 0.717) is 6.04 Å². The van der Waals surface area contributed by atoms with Crippen molar-refractivity contribution < 1.29 is 4.42 Å². The van der Waals surface area contributed by atoms with Gasteiger partial charge in [0.1, 0.15) is 5.76 Å². The van der Waals surface area contributed by atoms with Gasteiger partial charge in [0.05, 0.1) is 6.26 Å². The molecule has 1 aromatic heterocycles. The zero-order valence-electron chi connectivity index (χ0n) is 13.1. The molecule has 2 N–H and O–H groups in total. The van der Waals surface area contributed by atoms with E-state index < -0.39 is 0 Å². The van der Waals surface area contributed by atoms with Crippen LogP contribution in [0.25, 0.3) is 0 Å². The maximum absolute atomic E-state index is 5.29. The number of rotatable bonds is 8. The van der Waals surface area contributed by atoms with Crippen LogP contribution in [-0.2, 0) is 6.42 Å². The molecule has 0 bridgehead atoms. The van der Waals surface area contributed by atoms with Crippen molar-refractivity contribution in [3.8, 4) is 0 Å². The highest BCUT2D eigenvalue weighted by Gasteiger charge is 2.06. The van der Waals surface area contributed by atoms with E-state index in [4.69, 9.17) is 4.42 Å². The van der Waals surface area contributed by atoms with Crippen LogP contribution in [0.4, 0.5) is 0 Å². The van der Waals surface area contributed by atoms with Crippen molar-refractivity contribution in [1.29, 1.82) is 0 Å². The fraction of sp³-hybridized carbons (Fsp3) is 0.667. The van der Waals surface area contributed by atoms with Crippen LogP contribution in [0.2, 0.25) is 0 Å². The average molecular weight is 280 g/mol. The predicted octanol–water partition coefficient (Wildman–Crippen LogP) is 1.72. The van der Waals surface area contributed by atoms with Gasteiger partial charge < -0.3 is 20.0 Å². The molecule has 0 radical (unpaired) electrons. The lowest BCUT2D eigenvalue weighted by Gasteiger charge is -2.23. The first-order valence-electron chi connectivity index (χ1n) is 7.34. The quantitative estimate of drug-likeness (QED) is 0.562. The fourth-order valence-corrected chi connectivity index (χ4v) is 1.86. The molecule has 20 heavy (non-hydrogen) atoms. The monoisotopic (exact) mass is 280 g/mol. The Hall–Kier alpha value is -1.49. The Bertz CT molecular complexity index is 375. The van der Waals surface area contributed by atoms with Gasteiger partial charge in [-0.25, -0.2) is 0 Å². The normalized spacial score (nSPS) is 13.6. The second-order valence-electron chi connectivity index (χ2n) is 4.99. The predicted molar refractivity (Wildman–Crippen MR) is 84.2 cm³/mol. The Morgan fingerprint density at radius 3 is 2.75 bits per heavy atom. The van der Waals surface area contributed by atoms with Crippen LogP contribution < -0.4 is 10.6 Å². The van der Waals surface area contributed by atoms with E-state index in [1.807, 2.05) is 12.1 Å². The zero-order chi connectivity index (χ0) is 14.8. The molecular weight excluding hydrogens is 252 g/mol. The minimum Gasteiger partial charge on any atom is -0.469 e. The summed E-state index contributed by atoms with van der Waals surface area (Å²) in [5, 5.41) is 6.61. The summed E-state index contributed by atoms with van der Waals surface area (Å²) >= 11 is 0. The van der Waals surface area contributed by atoms with Crippen molar-refractivity contribution >= 4 is 5.96 Å². The number of hydrogen-bond donors (Lipinski definition) is 2. The SMILES string of the molecule is CCC(C)N(C)CCNC(=NC)NCCc1ccco1. The zero-order valence-corrected chi connectivity index (χ0v) is 13.1. The summed E-state index contributed by atoms with van der Waals surface area (Å²) < 4.78 is 5.29. The summed E-state index contributed by atoms with van der Waals surface area (Å²) in [6.45, 7) is 7.17. The summed E-state index contributed by atoms with van der Waals surface area (Å²) in [5.74, 6) is 1.83. The smallest absolute Gasteiger partial charge is 0.191 e. The molecule has 0 aliphatic heterocycles. The molecule has 0 aliphatic rings. The van der Waals surface area contributed by atoms with Gasteiger partial charge in [0.2, 0.25) is 0 Å². The maximum atomic E-state index is 5.29. The molecule has 0 amide bonds. The van der Waals surface area contributed by atoms with E-state index in [1.54, 1.807) is 13.3 Å². The first-order valence-corrected chi connectivity index (χ1v) is 7.34. The van der Waals surface area contributed by atoms with Gasteiger partial charge in [-0.1, -0.05) is 6.92 Å². The Labute approximate surface area is 122 Å². The number of guanidine groups is 1. The van der Waals surface area contributed by atoms with E-state index in [1.165, 1.54) is 6.42 Å². The van der Waals surface area contributed by atoms with E-state index in [0.717, 1.165) is 37.8 Å². The van der Waals surface area contributed by atoms with Crippen molar-refractivity contribution in [3.05, 3.63) is 24.2 Å². The highest BCUT2D eigenvalue weighted by Crippen LogP contribution is 1.99. The molecule has 114 valence electrons. The lowest BCUT2D eigenvalue weighted by atomic mass is 10.2. The Kier molecular flexibility index (Phi) is 7.80. The Balaban J connectivity index is 2.16. The summed E-state index contributed by atoms with van der Waals surface area (Å²) in [5.41, 5.74) is 0. The number of furan rings is 1. The van der Waals surface area contributed by atoms with Gasteiger partial charge in [0, 0.05) is 39.1 Å². The maximum Gasteiger partial charge on any atom is 0.191 e. The number of aliphatic imine (C=N–C) groups is 1. The molecule has 5 heteroatoms. The summed E-state index contributed by atoms with van der Waals surface area (Å²) in [6, 6.07) is 4.51. The highest BCUT2D eigenvalue weighted by atomic mass is 16.3. The molecule has 0 aliphatic carbocycles. The molecule has 0 aromatic carbocycles. The van der Waals surface area contributed by atoms with Crippen LogP contribution in [0.5, 0.6) is 0 Å². The van der Waals surface area contributed by atoms with Crippen LogP contribution >= 0.6 is 0 Å². The second kappa shape index (κ2) is 9.42. The van der Waals surface area contributed by atoms with E-state index in [-0.39, 0.29) is 0 Å². The molecule has 0 fully saturated rings. The van der Waals surface area contributed by atoms with Crippen molar-refractivity contribution in [1.82, 2.24) is 15.5 Å². The van der Waals surface area contributed by atoms with Crippen LogP contribution in [0.15, 0.2) is 27.8 Å². The molecule has 1 heterocycles. The van der Waals surface area contributed by atoms with Crippen molar-refractivity contribution in [3.63, 3.8) is 0 Å². The summed E-state index contributed by atoms with van der Waals surface area (Å²) in [4.78, 5) is 6.56. The molecule has 1 rings (SSSR count). The molecule has 1 atom stereocenters. The van der Waals surface area contributed by atoms with Crippen LogP contribution in [-0.4, -0.2) is 50.6 Å². The van der Waals surface area contributed by atoms with Gasteiger partial charge in [-0.3, -0.25) is 4.99 Å². The Morgan fingerprint density at radius 1 is 1.40 bits per heavy atom. The summed E-state index contributed by atoms with van der Waals surface area (Å²) in [6.07, 6.45) is 3.74. The van der Waals surface area contributed by atoms with Crippen molar-refractivity contribution in [2.45, 2.75) is 32.7 Å². The topological polar surface area (TPSA) is 52.8 Å². The van der Waals surface area contributed by atoms with Crippen molar-refractivity contribution in [2.24, 2.45) is 4.99 Å². The third-order valence-corrected chi connectivity index (χ3v) is 3.57. The molecule has 0 saturated carbocycles. The van der Waals surface area contributed by atoms with E-state index >= 15 is 0 Å². The molecule has 1 unspecified atom stereocenters. The number of nitrogens with one attached hydrogen (secondary N) is 2. The Morgan fingerprint density at radius 2 is 2.15 bits per heavy atom. The standard InChI is InChI=1S/C15H28N4O/c1-5-13(2)19(4)11-10-18-15(16-3)17-9-8-14-7-6-12-20-14/h6-7,12-13H,5,8-11H2,1-4H3,(H2,16,17,18). The largest absolute Gasteiger partial charge is 0.469 e. The number of nitrogens with zero attached hydrogens (tertiary/aromatic N) is 2. The second-order valence-corrected chi connectivity index (χ2v) is 4.99. The van der Waals surface area contributed by atoms with Gasteiger partial charge in [0.15, 0.2) is 5.96 Å². The highest BCUT2D eigenvalue weighted by molar-refractivity contribution is 5.79. The third-order valence-electron chi connectivity index (χ3n) is 3.57. The van der Waals surface area contributed by atoms with Gasteiger partial charge >= 0.3 is 0 Å². The lowest BCUT2D eigenvalue weighted by molar-refractivity contribution is 0.255.